The van der Waals surface area contributed by atoms with Gasteiger partial charge in [0.1, 0.15) is 18.2 Å². The van der Waals surface area contributed by atoms with E-state index in [0.717, 1.165) is 0 Å². The fourth-order valence-electron chi connectivity index (χ4n) is 1.35. The number of rotatable bonds is 5. The number of thioether (sulfide) groups is 1. The van der Waals surface area contributed by atoms with Crippen LogP contribution in [0, 0.1) is 17.1 Å². The van der Waals surface area contributed by atoms with Crippen molar-refractivity contribution in [1.29, 1.82) is 5.26 Å². The molecule has 0 fully saturated rings. The average molecular weight is 293 g/mol. The number of nitrogens with two attached hydrogens (primary N) is 1. The number of nitriles is 1. The lowest BCUT2D eigenvalue weighted by Gasteiger charge is -2.06. The highest BCUT2D eigenvalue weighted by atomic mass is 32.2. The largest absolute Gasteiger partial charge is 0.486 e. The topological polar surface area (TPSA) is 89.8 Å². The molecule has 0 saturated heterocycles. The molecule has 0 spiro atoms. The molecule has 2 rings (SSSR count). The lowest BCUT2D eigenvalue weighted by molar-refractivity contribution is 0.291. The summed E-state index contributed by atoms with van der Waals surface area (Å²) in [7, 11) is 0. The maximum absolute atomic E-state index is 12.7. The van der Waals surface area contributed by atoms with E-state index in [1.807, 2.05) is 0 Å². The van der Waals surface area contributed by atoms with Crippen LogP contribution in [0.5, 0.6) is 5.75 Å². The van der Waals surface area contributed by atoms with Crippen molar-refractivity contribution in [2.75, 3.05) is 5.84 Å². The zero-order valence-electron chi connectivity index (χ0n) is 10.7. The monoisotopic (exact) mass is 293 g/mol. The molecule has 1 aromatic carbocycles. The molecule has 2 N–H and O–H groups in total. The van der Waals surface area contributed by atoms with Gasteiger partial charge < -0.3 is 10.6 Å². The molecule has 0 saturated carbocycles. The molecule has 1 heterocycles. The molecule has 1 unspecified atom stereocenters. The lowest BCUT2D eigenvalue weighted by atomic mass is 10.3. The van der Waals surface area contributed by atoms with E-state index in [1.54, 1.807) is 6.92 Å². The van der Waals surface area contributed by atoms with Gasteiger partial charge in [-0.1, -0.05) is 11.8 Å². The molecule has 0 aliphatic rings. The van der Waals surface area contributed by atoms with Crippen molar-refractivity contribution in [3.8, 4) is 11.8 Å². The Morgan fingerprint density at radius 2 is 2.15 bits per heavy atom. The van der Waals surface area contributed by atoms with Gasteiger partial charge >= 0.3 is 0 Å². The van der Waals surface area contributed by atoms with Crippen LogP contribution in [0.1, 0.15) is 12.7 Å². The Balaban J connectivity index is 2.00. The maximum atomic E-state index is 12.7. The van der Waals surface area contributed by atoms with E-state index in [2.05, 4.69) is 16.3 Å². The summed E-state index contributed by atoms with van der Waals surface area (Å²) in [4.78, 5) is 0. The van der Waals surface area contributed by atoms with Crippen LogP contribution in [-0.4, -0.2) is 20.1 Å². The van der Waals surface area contributed by atoms with Crippen LogP contribution in [0.15, 0.2) is 29.4 Å². The van der Waals surface area contributed by atoms with E-state index < -0.39 is 0 Å². The second-order valence-corrected chi connectivity index (χ2v) is 5.21. The van der Waals surface area contributed by atoms with Gasteiger partial charge in [-0.2, -0.15) is 5.26 Å². The van der Waals surface area contributed by atoms with E-state index >= 15 is 0 Å². The number of halogens is 1. The molecule has 20 heavy (non-hydrogen) atoms. The molecule has 8 heteroatoms. The van der Waals surface area contributed by atoms with Crippen molar-refractivity contribution in [3.63, 3.8) is 0 Å². The summed E-state index contributed by atoms with van der Waals surface area (Å²) in [5, 5.41) is 16.7. The SMILES string of the molecule is CC(C#N)Sc1nnc(COc2ccc(F)cc2)n1N. The second-order valence-electron chi connectivity index (χ2n) is 3.90. The number of nitrogens with zero attached hydrogens (tertiary/aromatic N) is 4. The molecule has 0 aliphatic heterocycles. The van der Waals surface area contributed by atoms with Crippen molar-refractivity contribution in [2.24, 2.45) is 0 Å². The van der Waals surface area contributed by atoms with Crippen LogP contribution >= 0.6 is 11.8 Å². The van der Waals surface area contributed by atoms with Gasteiger partial charge in [-0.05, 0) is 31.2 Å². The van der Waals surface area contributed by atoms with E-state index in [9.17, 15) is 4.39 Å². The standard InChI is InChI=1S/C12H12FN5OS/c1-8(6-14)20-12-17-16-11(18(12)15)7-19-10-4-2-9(13)3-5-10/h2-5,8H,7,15H2,1H3. The van der Waals surface area contributed by atoms with Gasteiger partial charge in [-0.3, -0.25) is 0 Å². The Labute approximate surface area is 119 Å². The first-order valence-corrected chi connectivity index (χ1v) is 6.62. The highest BCUT2D eigenvalue weighted by Crippen LogP contribution is 2.20. The van der Waals surface area contributed by atoms with Crippen molar-refractivity contribution in [3.05, 3.63) is 35.9 Å². The van der Waals surface area contributed by atoms with E-state index in [4.69, 9.17) is 15.8 Å². The van der Waals surface area contributed by atoms with E-state index in [1.165, 1.54) is 40.7 Å². The van der Waals surface area contributed by atoms with Gasteiger partial charge in [-0.25, -0.2) is 9.07 Å². The third-order valence-electron chi connectivity index (χ3n) is 2.38. The highest BCUT2D eigenvalue weighted by molar-refractivity contribution is 8.00. The first-order chi connectivity index (χ1) is 9.60. The minimum Gasteiger partial charge on any atom is -0.486 e. The fraction of sp³-hybridized carbons (Fsp3) is 0.250. The molecule has 0 radical (unpaired) electrons. The Morgan fingerprint density at radius 1 is 1.45 bits per heavy atom. The highest BCUT2D eigenvalue weighted by Gasteiger charge is 2.13. The van der Waals surface area contributed by atoms with Crippen LogP contribution < -0.4 is 10.6 Å². The minimum absolute atomic E-state index is 0.108. The summed E-state index contributed by atoms with van der Waals surface area (Å²) in [6.45, 7) is 1.85. The van der Waals surface area contributed by atoms with E-state index in [-0.39, 0.29) is 17.7 Å². The van der Waals surface area contributed by atoms with Gasteiger partial charge in [0.25, 0.3) is 0 Å². The van der Waals surface area contributed by atoms with Crippen LogP contribution in [-0.2, 0) is 6.61 Å². The second kappa shape index (κ2) is 6.25. The molecule has 6 nitrogen and oxygen atoms in total. The molecular weight excluding hydrogens is 281 g/mol. The summed E-state index contributed by atoms with van der Waals surface area (Å²) < 4.78 is 19.4. The summed E-state index contributed by atoms with van der Waals surface area (Å²) in [5.41, 5.74) is 0. The number of ether oxygens (including phenoxy) is 1. The van der Waals surface area contributed by atoms with Crippen molar-refractivity contribution >= 4 is 11.8 Å². The quantitative estimate of drug-likeness (QED) is 0.667. The minimum atomic E-state index is -0.330. The van der Waals surface area contributed by atoms with Crippen molar-refractivity contribution in [1.82, 2.24) is 14.9 Å². The fourth-order valence-corrected chi connectivity index (χ4v) is 2.03. The normalized spacial score (nSPS) is 11.8. The van der Waals surface area contributed by atoms with E-state index in [0.29, 0.717) is 16.7 Å². The van der Waals surface area contributed by atoms with Crippen LogP contribution in [0.4, 0.5) is 4.39 Å². The molecule has 2 aromatic rings. The third kappa shape index (κ3) is 3.39. The van der Waals surface area contributed by atoms with Crippen LogP contribution in [0.25, 0.3) is 0 Å². The summed E-state index contributed by atoms with van der Waals surface area (Å²) >= 11 is 1.21. The Kier molecular flexibility index (Phi) is 4.42. The first-order valence-electron chi connectivity index (χ1n) is 5.74. The molecule has 0 bridgehead atoms. The summed E-state index contributed by atoms with van der Waals surface area (Å²) in [5.74, 6) is 6.41. The van der Waals surface area contributed by atoms with Gasteiger partial charge in [0, 0.05) is 0 Å². The smallest absolute Gasteiger partial charge is 0.211 e. The maximum Gasteiger partial charge on any atom is 0.211 e. The number of hydrogen-bond acceptors (Lipinski definition) is 6. The Morgan fingerprint density at radius 3 is 2.80 bits per heavy atom. The predicted molar refractivity (Wildman–Crippen MR) is 71.8 cm³/mol. The van der Waals surface area contributed by atoms with Gasteiger partial charge in [0.05, 0.1) is 11.3 Å². The molecule has 104 valence electrons. The lowest BCUT2D eigenvalue weighted by Crippen LogP contribution is -2.16. The van der Waals surface area contributed by atoms with Crippen LogP contribution in [0.3, 0.4) is 0 Å². The number of hydrogen-bond donors (Lipinski definition) is 1. The van der Waals surface area contributed by atoms with Crippen molar-refractivity contribution < 1.29 is 9.13 Å². The summed E-state index contributed by atoms with van der Waals surface area (Å²) in [6.07, 6.45) is 0. The van der Waals surface area contributed by atoms with Crippen molar-refractivity contribution in [2.45, 2.75) is 23.9 Å². The number of nitrogen functional groups attached to an aromatic ring is 1. The molecule has 0 amide bonds. The summed E-state index contributed by atoms with van der Waals surface area (Å²) in [6, 6.07) is 7.71. The van der Waals surface area contributed by atoms with Gasteiger partial charge in [0.2, 0.25) is 5.16 Å². The number of benzene rings is 1. The third-order valence-corrected chi connectivity index (χ3v) is 3.33. The predicted octanol–water partition coefficient (Wildman–Crippen LogP) is 1.71. The molecule has 0 aliphatic carbocycles. The molecule has 1 aromatic heterocycles. The zero-order valence-corrected chi connectivity index (χ0v) is 11.5. The van der Waals surface area contributed by atoms with Gasteiger partial charge in [-0.15, -0.1) is 10.2 Å². The number of aromatic nitrogens is 3. The zero-order chi connectivity index (χ0) is 14.5. The Bertz CT molecular complexity index is 622. The van der Waals surface area contributed by atoms with Gasteiger partial charge in [0.15, 0.2) is 5.82 Å². The molecule has 1 atom stereocenters. The first kappa shape index (κ1) is 14.1. The molecular formula is C12H12FN5OS. The van der Waals surface area contributed by atoms with Crippen LogP contribution in [0.2, 0.25) is 0 Å². The Hall–Kier alpha value is -2.27. The average Bonchev–Trinajstić information content (AvgIpc) is 2.79.